The van der Waals surface area contributed by atoms with Crippen LogP contribution in [-0.2, 0) is 9.53 Å². The molecule has 1 amide bonds. The zero-order chi connectivity index (χ0) is 19.2. The van der Waals surface area contributed by atoms with Gasteiger partial charge in [-0.1, -0.05) is 0 Å². The summed E-state index contributed by atoms with van der Waals surface area (Å²) in [4.78, 5) is 24.9. The molecule has 0 unspecified atom stereocenters. The van der Waals surface area contributed by atoms with Gasteiger partial charge in [-0.15, -0.1) is 0 Å². The summed E-state index contributed by atoms with van der Waals surface area (Å²) < 4.78 is 23.9. The normalized spacial score (nSPS) is 32.0. The smallest absolute Gasteiger partial charge is 0.339 e. The van der Waals surface area contributed by atoms with Crippen molar-refractivity contribution in [2.24, 2.45) is 17.8 Å². The fourth-order valence-electron chi connectivity index (χ4n) is 5.70. The minimum absolute atomic E-state index is 0.0548. The lowest BCUT2D eigenvalue weighted by Gasteiger charge is -2.57. The van der Waals surface area contributed by atoms with Crippen LogP contribution in [0.25, 0.3) is 0 Å². The molecule has 6 heteroatoms. The predicted molar refractivity (Wildman–Crippen MR) is 96.9 cm³/mol. The molecular formula is C21H26FNO4. The third-order valence-electron chi connectivity index (χ3n) is 6.47. The number of hydrogen-bond donors (Lipinski definition) is 1. The van der Waals surface area contributed by atoms with Crippen molar-refractivity contribution in [3.63, 3.8) is 0 Å². The number of amides is 1. The molecule has 4 bridgehead atoms. The number of hydrogen-bond acceptors (Lipinski definition) is 4. The third-order valence-corrected chi connectivity index (χ3v) is 6.47. The van der Waals surface area contributed by atoms with E-state index in [4.69, 9.17) is 9.47 Å². The van der Waals surface area contributed by atoms with Crippen molar-refractivity contribution in [3.05, 3.63) is 29.6 Å². The standard InChI is InChI=1S/C21H26FNO4/c1-12(27-20(25)16-3-4-18(26-2)17(22)8-16)19(24)23-21-9-13-5-14(10-21)7-15(6-13)11-21/h3-4,8,12-15H,5-7,9-11H2,1-2H3,(H,23,24)/t12-,13?,14?,15?,21?/m0/s1. The number of carbonyl (C=O) groups is 2. The summed E-state index contributed by atoms with van der Waals surface area (Å²) in [5.41, 5.74) is -0.0682. The van der Waals surface area contributed by atoms with Gasteiger partial charge in [0, 0.05) is 5.54 Å². The van der Waals surface area contributed by atoms with Gasteiger partial charge < -0.3 is 14.8 Å². The first kappa shape index (κ1) is 18.3. The number of nitrogens with one attached hydrogen (secondary N) is 1. The molecule has 0 aromatic heterocycles. The van der Waals surface area contributed by atoms with Crippen LogP contribution >= 0.6 is 0 Å². The van der Waals surface area contributed by atoms with Crippen LogP contribution in [-0.4, -0.2) is 30.6 Å². The maximum Gasteiger partial charge on any atom is 0.339 e. The summed E-state index contributed by atoms with van der Waals surface area (Å²) in [7, 11) is 1.35. The average molecular weight is 375 g/mol. The Morgan fingerprint density at radius 3 is 2.26 bits per heavy atom. The highest BCUT2D eigenvalue weighted by molar-refractivity contribution is 5.92. The number of carbonyl (C=O) groups excluding carboxylic acids is 2. The van der Waals surface area contributed by atoms with Crippen LogP contribution in [0.5, 0.6) is 5.75 Å². The van der Waals surface area contributed by atoms with Crippen LogP contribution in [0.2, 0.25) is 0 Å². The van der Waals surface area contributed by atoms with Gasteiger partial charge in [0.25, 0.3) is 5.91 Å². The number of benzene rings is 1. The molecule has 0 heterocycles. The zero-order valence-corrected chi connectivity index (χ0v) is 15.8. The SMILES string of the molecule is COc1ccc(C(=O)O[C@@H](C)C(=O)NC23CC4CC(CC(C4)C2)C3)cc1F. The number of methoxy groups -OCH3 is 1. The highest BCUT2D eigenvalue weighted by atomic mass is 19.1. The maximum absolute atomic E-state index is 13.8. The van der Waals surface area contributed by atoms with Gasteiger partial charge in [0.05, 0.1) is 12.7 Å². The molecule has 1 N–H and O–H groups in total. The van der Waals surface area contributed by atoms with Crippen molar-refractivity contribution in [2.45, 2.75) is 57.1 Å². The molecular weight excluding hydrogens is 349 g/mol. The quantitative estimate of drug-likeness (QED) is 0.801. The maximum atomic E-state index is 13.8. The molecule has 146 valence electrons. The van der Waals surface area contributed by atoms with Crippen LogP contribution in [0.3, 0.4) is 0 Å². The lowest BCUT2D eigenvalue weighted by atomic mass is 9.53. The molecule has 27 heavy (non-hydrogen) atoms. The monoisotopic (exact) mass is 375 g/mol. The third kappa shape index (κ3) is 3.54. The van der Waals surface area contributed by atoms with E-state index in [2.05, 4.69) is 5.32 Å². The van der Waals surface area contributed by atoms with Gasteiger partial charge in [0.2, 0.25) is 0 Å². The van der Waals surface area contributed by atoms with Crippen LogP contribution in [0.4, 0.5) is 4.39 Å². The molecule has 0 spiro atoms. The molecule has 4 saturated carbocycles. The summed E-state index contributed by atoms with van der Waals surface area (Å²) in [6.45, 7) is 1.56. The van der Waals surface area contributed by atoms with E-state index in [1.54, 1.807) is 6.92 Å². The molecule has 1 atom stereocenters. The fourth-order valence-corrected chi connectivity index (χ4v) is 5.70. The predicted octanol–water partition coefficient (Wildman–Crippen LogP) is 3.46. The molecule has 1 aromatic carbocycles. The highest BCUT2D eigenvalue weighted by Gasteiger charge is 2.51. The summed E-state index contributed by atoms with van der Waals surface area (Å²) in [5.74, 6) is 0.589. The molecule has 0 radical (unpaired) electrons. The Labute approximate surface area is 158 Å². The second kappa shape index (κ2) is 6.80. The second-order valence-corrected chi connectivity index (χ2v) is 8.58. The van der Waals surface area contributed by atoms with E-state index in [-0.39, 0.29) is 22.8 Å². The van der Waals surface area contributed by atoms with Crippen molar-refractivity contribution in [2.75, 3.05) is 7.11 Å². The van der Waals surface area contributed by atoms with Gasteiger partial charge in [-0.05, 0) is 81.4 Å². The molecule has 4 aliphatic rings. The summed E-state index contributed by atoms with van der Waals surface area (Å²) >= 11 is 0. The van der Waals surface area contributed by atoms with Crippen molar-refractivity contribution < 1.29 is 23.5 Å². The Balaban J connectivity index is 1.38. The molecule has 1 aromatic rings. The van der Waals surface area contributed by atoms with Crippen LogP contribution in [0.15, 0.2) is 18.2 Å². The lowest BCUT2D eigenvalue weighted by Crippen LogP contribution is -2.61. The molecule has 5 rings (SSSR count). The van der Waals surface area contributed by atoms with E-state index in [0.717, 1.165) is 43.1 Å². The van der Waals surface area contributed by atoms with Gasteiger partial charge in [0.15, 0.2) is 17.7 Å². The number of esters is 1. The van der Waals surface area contributed by atoms with E-state index >= 15 is 0 Å². The van der Waals surface area contributed by atoms with Gasteiger partial charge in [0.1, 0.15) is 0 Å². The Morgan fingerprint density at radius 2 is 1.74 bits per heavy atom. The number of rotatable bonds is 5. The van der Waals surface area contributed by atoms with Gasteiger partial charge in [-0.3, -0.25) is 4.79 Å². The van der Waals surface area contributed by atoms with Crippen molar-refractivity contribution in [1.82, 2.24) is 5.32 Å². The molecule has 0 saturated heterocycles. The topological polar surface area (TPSA) is 64.6 Å². The first-order valence-corrected chi connectivity index (χ1v) is 9.74. The largest absolute Gasteiger partial charge is 0.494 e. The molecule has 0 aliphatic heterocycles. The van der Waals surface area contributed by atoms with E-state index in [9.17, 15) is 14.0 Å². The van der Waals surface area contributed by atoms with Gasteiger partial charge in [-0.25, -0.2) is 9.18 Å². The summed E-state index contributed by atoms with van der Waals surface area (Å²) in [6.07, 6.45) is 6.07. The summed E-state index contributed by atoms with van der Waals surface area (Å²) in [5, 5.41) is 3.20. The molecule has 4 fully saturated rings. The lowest BCUT2D eigenvalue weighted by molar-refractivity contribution is -0.134. The van der Waals surface area contributed by atoms with E-state index in [1.165, 1.54) is 38.5 Å². The first-order chi connectivity index (χ1) is 12.9. The number of halogens is 1. The second-order valence-electron chi connectivity index (χ2n) is 8.58. The Hall–Kier alpha value is -2.11. The highest BCUT2D eigenvalue weighted by Crippen LogP contribution is 2.55. The first-order valence-electron chi connectivity index (χ1n) is 9.74. The average Bonchev–Trinajstić information content (AvgIpc) is 2.59. The molecule has 5 nitrogen and oxygen atoms in total. The Morgan fingerprint density at radius 1 is 1.15 bits per heavy atom. The zero-order valence-electron chi connectivity index (χ0n) is 15.8. The Kier molecular flexibility index (Phi) is 4.60. The Bertz CT molecular complexity index is 727. The minimum atomic E-state index is -0.921. The van der Waals surface area contributed by atoms with Crippen molar-refractivity contribution in [3.8, 4) is 5.75 Å². The van der Waals surface area contributed by atoms with Crippen LogP contribution in [0, 0.1) is 23.6 Å². The minimum Gasteiger partial charge on any atom is -0.494 e. The van der Waals surface area contributed by atoms with Gasteiger partial charge in [-0.2, -0.15) is 0 Å². The van der Waals surface area contributed by atoms with Crippen molar-refractivity contribution >= 4 is 11.9 Å². The van der Waals surface area contributed by atoms with Crippen LogP contribution < -0.4 is 10.1 Å². The van der Waals surface area contributed by atoms with E-state index in [1.807, 2.05) is 0 Å². The molecule has 4 aliphatic carbocycles. The van der Waals surface area contributed by atoms with Crippen molar-refractivity contribution in [1.29, 1.82) is 0 Å². The van der Waals surface area contributed by atoms with Crippen LogP contribution in [0.1, 0.15) is 55.8 Å². The van der Waals surface area contributed by atoms with E-state index < -0.39 is 17.9 Å². The fraction of sp³-hybridized carbons (Fsp3) is 0.619. The summed E-state index contributed by atoms with van der Waals surface area (Å²) in [6, 6.07) is 3.85. The van der Waals surface area contributed by atoms with Gasteiger partial charge >= 0.3 is 5.97 Å². The van der Waals surface area contributed by atoms with E-state index in [0.29, 0.717) is 0 Å². The number of ether oxygens (including phenoxy) is 2.